The van der Waals surface area contributed by atoms with Crippen molar-refractivity contribution in [2.75, 3.05) is 7.11 Å². The van der Waals surface area contributed by atoms with Crippen molar-refractivity contribution in [3.05, 3.63) is 52.0 Å². The van der Waals surface area contributed by atoms with Crippen LogP contribution in [0.1, 0.15) is 17.2 Å². The minimum absolute atomic E-state index is 0.303. The van der Waals surface area contributed by atoms with Crippen LogP contribution in [0, 0.1) is 5.82 Å². The Morgan fingerprint density at radius 3 is 2.82 bits per heavy atom. The van der Waals surface area contributed by atoms with Gasteiger partial charge in [-0.2, -0.15) is 11.3 Å². The van der Waals surface area contributed by atoms with Crippen molar-refractivity contribution in [3.63, 3.8) is 0 Å². The van der Waals surface area contributed by atoms with E-state index in [1.165, 1.54) is 13.2 Å². The van der Waals surface area contributed by atoms with Crippen LogP contribution in [-0.4, -0.2) is 12.2 Å². The highest BCUT2D eigenvalue weighted by molar-refractivity contribution is 7.07. The molecule has 1 N–H and O–H groups in total. The molecule has 0 saturated heterocycles. The molecule has 1 atom stereocenters. The fourth-order valence-corrected chi connectivity index (χ4v) is 2.33. The quantitative estimate of drug-likeness (QED) is 0.905. The van der Waals surface area contributed by atoms with Crippen LogP contribution in [0.5, 0.6) is 5.75 Å². The number of hydrogen-bond donors (Lipinski definition) is 1. The molecule has 2 nitrogen and oxygen atoms in total. The summed E-state index contributed by atoms with van der Waals surface area (Å²) >= 11 is 1.56. The second kappa shape index (κ2) is 5.29. The van der Waals surface area contributed by atoms with Gasteiger partial charge in [0.05, 0.1) is 13.2 Å². The molecule has 0 amide bonds. The summed E-state index contributed by atoms with van der Waals surface area (Å²) in [7, 11) is 1.48. The summed E-state index contributed by atoms with van der Waals surface area (Å²) in [5.41, 5.74) is 1.31. The van der Waals surface area contributed by atoms with Gasteiger partial charge >= 0.3 is 0 Å². The zero-order valence-electron chi connectivity index (χ0n) is 9.39. The van der Waals surface area contributed by atoms with E-state index in [4.69, 9.17) is 4.74 Å². The van der Waals surface area contributed by atoms with E-state index in [1.54, 1.807) is 23.5 Å². The first-order valence-electron chi connectivity index (χ1n) is 5.23. The molecule has 2 aromatic rings. The van der Waals surface area contributed by atoms with E-state index in [0.717, 1.165) is 5.56 Å². The minimum Gasteiger partial charge on any atom is -0.497 e. The van der Waals surface area contributed by atoms with Gasteiger partial charge in [0.25, 0.3) is 0 Å². The molecule has 0 saturated carbocycles. The minimum atomic E-state index is -0.824. The topological polar surface area (TPSA) is 29.5 Å². The summed E-state index contributed by atoms with van der Waals surface area (Å²) < 4.78 is 18.6. The van der Waals surface area contributed by atoms with Gasteiger partial charge < -0.3 is 9.84 Å². The Morgan fingerprint density at radius 1 is 1.41 bits per heavy atom. The molecule has 0 aliphatic rings. The van der Waals surface area contributed by atoms with E-state index in [2.05, 4.69) is 0 Å². The molecule has 17 heavy (non-hydrogen) atoms. The standard InChI is InChI=1S/C13H13FO2S/c1-16-10-2-3-11(12(14)7-10)13(15)6-9-4-5-17-8-9/h2-5,7-8,13,15H,6H2,1H3. The van der Waals surface area contributed by atoms with Gasteiger partial charge in [-0.1, -0.05) is 0 Å². The highest BCUT2D eigenvalue weighted by Gasteiger charge is 2.14. The number of benzene rings is 1. The smallest absolute Gasteiger partial charge is 0.132 e. The molecular formula is C13H13FO2S. The van der Waals surface area contributed by atoms with Crippen molar-refractivity contribution >= 4 is 11.3 Å². The number of hydrogen-bond acceptors (Lipinski definition) is 3. The average molecular weight is 252 g/mol. The normalized spacial score (nSPS) is 12.4. The third-order valence-corrected chi connectivity index (χ3v) is 3.31. The molecule has 1 heterocycles. The molecule has 0 spiro atoms. The number of ether oxygens (including phenoxy) is 1. The lowest BCUT2D eigenvalue weighted by molar-refractivity contribution is 0.173. The Labute approximate surface area is 103 Å². The molecule has 0 aliphatic heterocycles. The Hall–Kier alpha value is -1.39. The van der Waals surface area contributed by atoms with Crippen LogP contribution in [0.2, 0.25) is 0 Å². The molecule has 1 aromatic carbocycles. The third-order valence-electron chi connectivity index (χ3n) is 2.58. The number of aliphatic hydroxyl groups excluding tert-OH is 1. The predicted molar refractivity (Wildman–Crippen MR) is 65.9 cm³/mol. The first-order chi connectivity index (χ1) is 8.20. The molecular weight excluding hydrogens is 239 g/mol. The van der Waals surface area contributed by atoms with Gasteiger partial charge in [-0.05, 0) is 34.5 Å². The zero-order chi connectivity index (χ0) is 12.3. The van der Waals surface area contributed by atoms with Crippen LogP contribution in [0.15, 0.2) is 35.0 Å². The fourth-order valence-electron chi connectivity index (χ4n) is 1.65. The molecule has 0 fully saturated rings. The fraction of sp³-hybridized carbons (Fsp3) is 0.231. The largest absolute Gasteiger partial charge is 0.497 e. The zero-order valence-corrected chi connectivity index (χ0v) is 10.2. The van der Waals surface area contributed by atoms with Crippen molar-refractivity contribution < 1.29 is 14.2 Å². The maximum atomic E-state index is 13.7. The van der Waals surface area contributed by atoms with Gasteiger partial charge in [0.1, 0.15) is 11.6 Å². The van der Waals surface area contributed by atoms with Gasteiger partial charge in [0.2, 0.25) is 0 Å². The molecule has 1 aromatic heterocycles. The molecule has 0 radical (unpaired) electrons. The molecule has 1 unspecified atom stereocenters. The van der Waals surface area contributed by atoms with Gasteiger partial charge in [-0.25, -0.2) is 4.39 Å². The Kier molecular flexibility index (Phi) is 3.76. The average Bonchev–Trinajstić information content (AvgIpc) is 2.81. The van der Waals surface area contributed by atoms with Crippen LogP contribution < -0.4 is 4.74 Å². The van der Waals surface area contributed by atoms with Crippen LogP contribution in [-0.2, 0) is 6.42 Å². The molecule has 0 aliphatic carbocycles. The van der Waals surface area contributed by atoms with Crippen molar-refractivity contribution in [1.29, 1.82) is 0 Å². The summed E-state index contributed by atoms with van der Waals surface area (Å²) in [5.74, 6) is 0.0149. The number of aliphatic hydroxyl groups is 1. The summed E-state index contributed by atoms with van der Waals surface area (Å²) in [5, 5.41) is 13.8. The van der Waals surface area contributed by atoms with Crippen LogP contribution in [0.4, 0.5) is 4.39 Å². The van der Waals surface area contributed by atoms with Gasteiger partial charge in [0.15, 0.2) is 0 Å². The van der Waals surface area contributed by atoms with E-state index >= 15 is 0 Å². The van der Waals surface area contributed by atoms with Crippen molar-refractivity contribution in [3.8, 4) is 5.75 Å². The number of halogens is 1. The van der Waals surface area contributed by atoms with Gasteiger partial charge in [-0.3, -0.25) is 0 Å². The van der Waals surface area contributed by atoms with E-state index in [9.17, 15) is 9.50 Å². The molecule has 0 bridgehead atoms. The molecule has 4 heteroatoms. The second-order valence-corrected chi connectivity index (χ2v) is 4.52. The number of methoxy groups -OCH3 is 1. The van der Waals surface area contributed by atoms with Crippen LogP contribution in [0.25, 0.3) is 0 Å². The van der Waals surface area contributed by atoms with Gasteiger partial charge in [-0.15, -0.1) is 0 Å². The van der Waals surface area contributed by atoms with Crippen LogP contribution in [0.3, 0.4) is 0 Å². The van der Waals surface area contributed by atoms with E-state index in [1.807, 2.05) is 16.8 Å². The second-order valence-electron chi connectivity index (χ2n) is 3.74. The molecule has 2 rings (SSSR count). The lowest BCUT2D eigenvalue weighted by atomic mass is 10.0. The lowest BCUT2D eigenvalue weighted by Gasteiger charge is -2.12. The van der Waals surface area contributed by atoms with Crippen LogP contribution >= 0.6 is 11.3 Å². The van der Waals surface area contributed by atoms with Crippen molar-refractivity contribution in [2.45, 2.75) is 12.5 Å². The maximum Gasteiger partial charge on any atom is 0.132 e. The van der Waals surface area contributed by atoms with E-state index < -0.39 is 11.9 Å². The maximum absolute atomic E-state index is 13.7. The first kappa shape index (κ1) is 12.1. The molecule has 90 valence electrons. The number of rotatable bonds is 4. The predicted octanol–water partition coefficient (Wildman–Crippen LogP) is 3.17. The third kappa shape index (κ3) is 2.84. The highest BCUT2D eigenvalue weighted by Crippen LogP contribution is 2.25. The summed E-state index contributed by atoms with van der Waals surface area (Å²) in [6.45, 7) is 0. The Bertz CT molecular complexity index is 482. The summed E-state index contributed by atoms with van der Waals surface area (Å²) in [4.78, 5) is 0. The Balaban J connectivity index is 2.16. The van der Waals surface area contributed by atoms with E-state index in [0.29, 0.717) is 17.7 Å². The number of thiophene rings is 1. The highest BCUT2D eigenvalue weighted by atomic mass is 32.1. The van der Waals surface area contributed by atoms with E-state index in [-0.39, 0.29) is 0 Å². The lowest BCUT2D eigenvalue weighted by Crippen LogP contribution is -2.04. The Morgan fingerprint density at radius 2 is 2.24 bits per heavy atom. The van der Waals surface area contributed by atoms with Crippen molar-refractivity contribution in [1.82, 2.24) is 0 Å². The SMILES string of the molecule is COc1ccc(C(O)Cc2ccsc2)c(F)c1. The first-order valence-corrected chi connectivity index (χ1v) is 6.17. The monoisotopic (exact) mass is 252 g/mol. The van der Waals surface area contributed by atoms with Crippen molar-refractivity contribution in [2.24, 2.45) is 0 Å². The summed E-state index contributed by atoms with van der Waals surface area (Å²) in [6.07, 6.45) is -0.400. The summed E-state index contributed by atoms with van der Waals surface area (Å²) in [6, 6.07) is 6.42. The van der Waals surface area contributed by atoms with Gasteiger partial charge in [0, 0.05) is 18.1 Å².